The molecular formula is C14H12N2O. The van der Waals surface area contributed by atoms with E-state index in [0.29, 0.717) is 0 Å². The van der Waals surface area contributed by atoms with Crippen LogP contribution in [0.15, 0.2) is 42.7 Å². The Morgan fingerprint density at radius 3 is 2.94 bits per heavy atom. The van der Waals surface area contributed by atoms with Crippen LogP contribution < -0.4 is 0 Å². The van der Waals surface area contributed by atoms with E-state index in [0.717, 1.165) is 22.2 Å². The van der Waals surface area contributed by atoms with Gasteiger partial charge in [-0.2, -0.15) is 0 Å². The van der Waals surface area contributed by atoms with Gasteiger partial charge in [-0.3, -0.25) is 0 Å². The van der Waals surface area contributed by atoms with Crippen LogP contribution in [0.1, 0.15) is 5.56 Å². The first-order valence-electron chi connectivity index (χ1n) is 5.48. The van der Waals surface area contributed by atoms with Crippen LogP contribution in [-0.4, -0.2) is 15.1 Å². The van der Waals surface area contributed by atoms with Crippen molar-refractivity contribution in [3.05, 3.63) is 48.3 Å². The number of hydrogen-bond acceptors (Lipinski definition) is 2. The minimum Gasteiger partial charge on any atom is -0.508 e. The molecule has 3 nitrogen and oxygen atoms in total. The van der Waals surface area contributed by atoms with Crippen molar-refractivity contribution in [2.24, 2.45) is 0 Å². The second kappa shape index (κ2) is 3.63. The Labute approximate surface area is 98.8 Å². The average molecular weight is 224 g/mol. The molecule has 2 heterocycles. The second-order valence-corrected chi connectivity index (χ2v) is 4.09. The van der Waals surface area contributed by atoms with E-state index in [9.17, 15) is 5.11 Å². The molecule has 0 saturated heterocycles. The van der Waals surface area contributed by atoms with Crippen LogP contribution in [0, 0.1) is 6.92 Å². The number of aromatic nitrogens is 2. The van der Waals surface area contributed by atoms with Gasteiger partial charge in [-0.15, -0.1) is 0 Å². The number of fused-ring (bicyclic) bond motifs is 1. The lowest BCUT2D eigenvalue weighted by Gasteiger charge is -2.07. The molecule has 0 aliphatic carbocycles. The molecule has 0 saturated carbocycles. The van der Waals surface area contributed by atoms with Crippen molar-refractivity contribution in [3.63, 3.8) is 0 Å². The molecule has 2 N–H and O–H groups in total. The lowest BCUT2D eigenvalue weighted by Crippen LogP contribution is -1.87. The maximum atomic E-state index is 9.51. The van der Waals surface area contributed by atoms with Crippen LogP contribution >= 0.6 is 0 Å². The highest BCUT2D eigenvalue weighted by atomic mass is 16.3. The molecule has 0 aliphatic rings. The fourth-order valence-corrected chi connectivity index (χ4v) is 2.11. The van der Waals surface area contributed by atoms with Gasteiger partial charge in [0.15, 0.2) is 0 Å². The first kappa shape index (κ1) is 9.90. The summed E-state index contributed by atoms with van der Waals surface area (Å²) in [5.41, 5.74) is 4.10. The van der Waals surface area contributed by atoms with Gasteiger partial charge in [0.1, 0.15) is 11.4 Å². The molecule has 3 aromatic rings. The Kier molecular flexibility index (Phi) is 2.11. The predicted octanol–water partition coefficient (Wildman–Crippen LogP) is 3.24. The van der Waals surface area contributed by atoms with Gasteiger partial charge in [-0.1, -0.05) is 12.1 Å². The van der Waals surface area contributed by atoms with Crippen molar-refractivity contribution in [2.45, 2.75) is 6.92 Å². The summed E-state index contributed by atoms with van der Waals surface area (Å²) >= 11 is 0. The van der Waals surface area contributed by atoms with E-state index in [4.69, 9.17) is 0 Å². The molecule has 0 radical (unpaired) electrons. The van der Waals surface area contributed by atoms with Crippen LogP contribution in [0.2, 0.25) is 0 Å². The third-order valence-electron chi connectivity index (χ3n) is 3.01. The van der Waals surface area contributed by atoms with Crippen molar-refractivity contribution in [3.8, 4) is 16.9 Å². The average Bonchev–Trinajstić information content (AvgIpc) is 2.78. The van der Waals surface area contributed by atoms with Gasteiger partial charge in [0, 0.05) is 23.3 Å². The number of aromatic hydroxyl groups is 1. The quantitative estimate of drug-likeness (QED) is 0.666. The number of rotatable bonds is 1. The summed E-state index contributed by atoms with van der Waals surface area (Å²) < 4.78 is 0. The van der Waals surface area contributed by atoms with E-state index in [1.165, 1.54) is 5.56 Å². The van der Waals surface area contributed by atoms with Gasteiger partial charge < -0.3 is 10.1 Å². The summed E-state index contributed by atoms with van der Waals surface area (Å²) in [7, 11) is 0. The van der Waals surface area contributed by atoms with Crippen molar-refractivity contribution in [1.29, 1.82) is 0 Å². The van der Waals surface area contributed by atoms with E-state index >= 15 is 0 Å². The molecule has 0 fully saturated rings. The first-order valence-corrected chi connectivity index (χ1v) is 5.48. The predicted molar refractivity (Wildman–Crippen MR) is 67.9 cm³/mol. The molecular weight excluding hydrogens is 212 g/mol. The molecule has 84 valence electrons. The highest BCUT2D eigenvalue weighted by Crippen LogP contribution is 2.29. The number of phenols is 1. The van der Waals surface area contributed by atoms with E-state index in [2.05, 4.69) is 16.9 Å². The van der Waals surface area contributed by atoms with Crippen LogP contribution in [0.4, 0.5) is 0 Å². The SMILES string of the molecule is Cc1c(-c2cccc(O)c2)cnc2[nH]ccc12. The van der Waals surface area contributed by atoms with Gasteiger partial charge in [-0.25, -0.2) is 4.98 Å². The summed E-state index contributed by atoms with van der Waals surface area (Å²) in [5.74, 6) is 0.274. The Balaban J connectivity index is 2.27. The molecule has 3 rings (SSSR count). The Morgan fingerprint density at radius 2 is 2.12 bits per heavy atom. The van der Waals surface area contributed by atoms with Crippen molar-refractivity contribution in [1.82, 2.24) is 9.97 Å². The van der Waals surface area contributed by atoms with E-state index in [1.54, 1.807) is 12.1 Å². The number of H-pyrrole nitrogens is 1. The van der Waals surface area contributed by atoms with Gasteiger partial charge in [-0.05, 0) is 36.2 Å². The number of pyridine rings is 1. The smallest absolute Gasteiger partial charge is 0.137 e. The number of hydrogen-bond donors (Lipinski definition) is 2. The minimum atomic E-state index is 0.274. The molecule has 0 spiro atoms. The molecule has 0 amide bonds. The van der Waals surface area contributed by atoms with Gasteiger partial charge in [0.05, 0.1) is 0 Å². The Hall–Kier alpha value is -2.29. The number of nitrogens with one attached hydrogen (secondary N) is 1. The fraction of sp³-hybridized carbons (Fsp3) is 0.0714. The number of nitrogens with zero attached hydrogens (tertiary/aromatic N) is 1. The van der Waals surface area contributed by atoms with Crippen LogP contribution in [0.25, 0.3) is 22.2 Å². The third kappa shape index (κ3) is 1.56. The van der Waals surface area contributed by atoms with E-state index in [1.807, 2.05) is 30.6 Å². The first-order chi connectivity index (χ1) is 8.25. The summed E-state index contributed by atoms with van der Waals surface area (Å²) in [6, 6.07) is 9.25. The lowest BCUT2D eigenvalue weighted by atomic mass is 10.0. The highest BCUT2D eigenvalue weighted by molar-refractivity contribution is 5.86. The van der Waals surface area contributed by atoms with Crippen molar-refractivity contribution >= 4 is 11.0 Å². The molecule has 3 heteroatoms. The summed E-state index contributed by atoms with van der Waals surface area (Å²) in [5, 5.41) is 10.6. The molecule has 17 heavy (non-hydrogen) atoms. The zero-order valence-electron chi connectivity index (χ0n) is 9.44. The van der Waals surface area contributed by atoms with Crippen molar-refractivity contribution in [2.75, 3.05) is 0 Å². The van der Waals surface area contributed by atoms with Crippen molar-refractivity contribution < 1.29 is 5.11 Å². The normalized spacial score (nSPS) is 10.9. The second-order valence-electron chi connectivity index (χ2n) is 4.09. The van der Waals surface area contributed by atoms with Gasteiger partial charge in [0.2, 0.25) is 0 Å². The molecule has 1 aromatic carbocycles. The standard InChI is InChI=1S/C14H12N2O/c1-9-12-5-6-15-14(12)16-8-13(9)10-3-2-4-11(17)7-10/h2-8,17H,1H3,(H,15,16). The Bertz CT molecular complexity index is 686. The highest BCUT2D eigenvalue weighted by Gasteiger charge is 2.07. The Morgan fingerprint density at radius 1 is 1.24 bits per heavy atom. The topological polar surface area (TPSA) is 48.9 Å². The number of phenolic OH excluding ortho intramolecular Hbond substituents is 1. The number of aromatic amines is 1. The zero-order chi connectivity index (χ0) is 11.8. The molecule has 0 aliphatic heterocycles. The fourth-order valence-electron chi connectivity index (χ4n) is 2.11. The van der Waals surface area contributed by atoms with E-state index in [-0.39, 0.29) is 5.75 Å². The van der Waals surface area contributed by atoms with Crippen LogP contribution in [0.3, 0.4) is 0 Å². The van der Waals surface area contributed by atoms with E-state index < -0.39 is 0 Å². The largest absolute Gasteiger partial charge is 0.508 e. The maximum absolute atomic E-state index is 9.51. The van der Waals surface area contributed by atoms with Crippen LogP contribution in [0.5, 0.6) is 5.75 Å². The maximum Gasteiger partial charge on any atom is 0.137 e. The number of benzene rings is 1. The molecule has 0 bridgehead atoms. The molecule has 0 unspecified atom stereocenters. The summed E-state index contributed by atoms with van der Waals surface area (Å²) in [6.07, 6.45) is 3.72. The monoisotopic (exact) mass is 224 g/mol. The summed E-state index contributed by atoms with van der Waals surface area (Å²) in [6.45, 7) is 2.07. The minimum absolute atomic E-state index is 0.274. The van der Waals surface area contributed by atoms with Gasteiger partial charge in [0.25, 0.3) is 0 Å². The summed E-state index contributed by atoms with van der Waals surface area (Å²) in [4.78, 5) is 7.46. The lowest BCUT2D eigenvalue weighted by molar-refractivity contribution is 0.475. The third-order valence-corrected chi connectivity index (χ3v) is 3.01. The molecule has 2 aromatic heterocycles. The molecule has 0 atom stereocenters. The number of aryl methyl sites for hydroxylation is 1. The van der Waals surface area contributed by atoms with Crippen LogP contribution in [-0.2, 0) is 0 Å². The van der Waals surface area contributed by atoms with Gasteiger partial charge >= 0.3 is 0 Å². The zero-order valence-corrected chi connectivity index (χ0v) is 9.44.